The molecule has 2 aromatic carbocycles. The third-order valence-electron chi connectivity index (χ3n) is 3.64. The number of thioether (sulfide) groups is 1. The standard InChI is InChI=1S/C19H22FNO2S/c1-13(2)19(14-4-8-16(23-3)9-5-14)21-18(22)12-24-17-10-6-15(20)7-11-17/h4-11,13,19H,12H2,1-3H3,(H,21,22). The van der Waals surface area contributed by atoms with Gasteiger partial charge in [0.15, 0.2) is 0 Å². The lowest BCUT2D eigenvalue weighted by Gasteiger charge is -2.23. The van der Waals surface area contributed by atoms with Gasteiger partial charge in [-0.05, 0) is 47.9 Å². The molecule has 0 fully saturated rings. The number of carbonyl (C=O) groups excluding carboxylic acids is 1. The Morgan fingerprint density at radius 1 is 1.12 bits per heavy atom. The van der Waals surface area contributed by atoms with Crippen LogP contribution in [0.2, 0.25) is 0 Å². The highest BCUT2D eigenvalue weighted by Gasteiger charge is 2.18. The molecule has 1 unspecified atom stereocenters. The summed E-state index contributed by atoms with van der Waals surface area (Å²) in [5, 5.41) is 3.08. The zero-order valence-electron chi connectivity index (χ0n) is 14.1. The lowest BCUT2D eigenvalue weighted by atomic mass is 9.96. The van der Waals surface area contributed by atoms with Gasteiger partial charge in [0.05, 0.1) is 18.9 Å². The van der Waals surface area contributed by atoms with Gasteiger partial charge < -0.3 is 10.1 Å². The smallest absolute Gasteiger partial charge is 0.230 e. The van der Waals surface area contributed by atoms with E-state index in [4.69, 9.17) is 4.74 Å². The Morgan fingerprint density at radius 3 is 2.29 bits per heavy atom. The molecule has 0 bridgehead atoms. The number of benzene rings is 2. The Labute approximate surface area is 146 Å². The molecule has 2 aromatic rings. The van der Waals surface area contributed by atoms with E-state index in [1.165, 1.54) is 23.9 Å². The fourth-order valence-corrected chi connectivity index (χ4v) is 3.05. The Bertz CT molecular complexity index is 656. The minimum atomic E-state index is -0.275. The molecule has 1 N–H and O–H groups in total. The minimum absolute atomic E-state index is 0.0427. The molecule has 0 saturated heterocycles. The highest BCUT2D eigenvalue weighted by atomic mass is 32.2. The number of amides is 1. The lowest BCUT2D eigenvalue weighted by molar-refractivity contribution is -0.119. The van der Waals surface area contributed by atoms with Crippen molar-refractivity contribution in [2.24, 2.45) is 5.92 Å². The molecule has 0 aliphatic heterocycles. The average molecular weight is 347 g/mol. The topological polar surface area (TPSA) is 38.3 Å². The summed E-state index contributed by atoms with van der Waals surface area (Å²) in [4.78, 5) is 13.1. The van der Waals surface area contributed by atoms with E-state index in [0.29, 0.717) is 5.75 Å². The van der Waals surface area contributed by atoms with E-state index < -0.39 is 0 Å². The van der Waals surface area contributed by atoms with Crippen LogP contribution < -0.4 is 10.1 Å². The first-order valence-electron chi connectivity index (χ1n) is 7.81. The number of carbonyl (C=O) groups is 1. The molecule has 0 heterocycles. The maximum absolute atomic E-state index is 12.9. The van der Waals surface area contributed by atoms with Crippen LogP contribution in [0.15, 0.2) is 53.4 Å². The molecule has 0 saturated carbocycles. The van der Waals surface area contributed by atoms with Crippen molar-refractivity contribution in [2.75, 3.05) is 12.9 Å². The molecule has 0 aliphatic carbocycles. The summed E-state index contributed by atoms with van der Waals surface area (Å²) in [6.07, 6.45) is 0. The van der Waals surface area contributed by atoms with Crippen LogP contribution in [0.1, 0.15) is 25.5 Å². The van der Waals surface area contributed by atoms with Crippen LogP contribution in [0.4, 0.5) is 4.39 Å². The van der Waals surface area contributed by atoms with Crippen LogP contribution in [-0.4, -0.2) is 18.8 Å². The van der Waals surface area contributed by atoms with Crippen LogP contribution in [-0.2, 0) is 4.79 Å². The molecule has 5 heteroatoms. The SMILES string of the molecule is COc1ccc(C(NC(=O)CSc2ccc(F)cc2)C(C)C)cc1. The van der Waals surface area contributed by atoms with Crippen molar-refractivity contribution < 1.29 is 13.9 Å². The fourth-order valence-electron chi connectivity index (χ4n) is 2.34. The Balaban J connectivity index is 1.96. The van der Waals surface area contributed by atoms with Gasteiger partial charge in [-0.15, -0.1) is 11.8 Å². The summed E-state index contributed by atoms with van der Waals surface area (Å²) >= 11 is 1.39. The molecular formula is C19H22FNO2S. The first-order valence-corrected chi connectivity index (χ1v) is 8.80. The number of rotatable bonds is 7. The molecule has 128 valence electrons. The van der Waals surface area contributed by atoms with Gasteiger partial charge in [-0.25, -0.2) is 4.39 Å². The zero-order chi connectivity index (χ0) is 17.5. The van der Waals surface area contributed by atoms with E-state index in [1.54, 1.807) is 19.2 Å². The van der Waals surface area contributed by atoms with Crippen molar-refractivity contribution in [3.05, 3.63) is 59.9 Å². The summed E-state index contributed by atoms with van der Waals surface area (Å²) in [5.74, 6) is 1.03. The number of ether oxygens (including phenoxy) is 1. The number of halogens is 1. The van der Waals surface area contributed by atoms with Crippen molar-refractivity contribution in [1.29, 1.82) is 0 Å². The van der Waals surface area contributed by atoms with Crippen molar-refractivity contribution in [1.82, 2.24) is 5.32 Å². The van der Waals surface area contributed by atoms with Gasteiger partial charge in [-0.2, -0.15) is 0 Å². The Hall–Kier alpha value is -2.01. The van der Waals surface area contributed by atoms with Crippen molar-refractivity contribution in [3.63, 3.8) is 0 Å². The van der Waals surface area contributed by atoms with E-state index in [-0.39, 0.29) is 23.7 Å². The van der Waals surface area contributed by atoms with Crippen molar-refractivity contribution in [2.45, 2.75) is 24.8 Å². The quantitative estimate of drug-likeness (QED) is 0.753. The van der Waals surface area contributed by atoms with E-state index >= 15 is 0 Å². The second-order valence-electron chi connectivity index (χ2n) is 5.80. The van der Waals surface area contributed by atoms with Crippen LogP contribution >= 0.6 is 11.8 Å². The van der Waals surface area contributed by atoms with Gasteiger partial charge in [0.25, 0.3) is 0 Å². The summed E-state index contributed by atoms with van der Waals surface area (Å²) < 4.78 is 18.1. The highest BCUT2D eigenvalue weighted by molar-refractivity contribution is 8.00. The van der Waals surface area contributed by atoms with Gasteiger partial charge in [0.2, 0.25) is 5.91 Å². The third kappa shape index (κ3) is 5.27. The van der Waals surface area contributed by atoms with E-state index in [1.807, 2.05) is 24.3 Å². The number of methoxy groups -OCH3 is 1. The molecule has 0 aliphatic rings. The maximum atomic E-state index is 12.9. The van der Waals surface area contributed by atoms with Crippen LogP contribution in [0, 0.1) is 11.7 Å². The summed E-state index contributed by atoms with van der Waals surface area (Å²) in [6, 6.07) is 13.8. The highest BCUT2D eigenvalue weighted by Crippen LogP contribution is 2.24. The second kappa shape index (κ2) is 8.73. The van der Waals surface area contributed by atoms with Gasteiger partial charge in [-0.1, -0.05) is 26.0 Å². The first-order chi connectivity index (χ1) is 11.5. The summed E-state index contributed by atoms with van der Waals surface area (Å²) in [6.45, 7) is 4.14. The molecule has 1 amide bonds. The van der Waals surface area contributed by atoms with Gasteiger partial charge >= 0.3 is 0 Å². The van der Waals surface area contributed by atoms with Crippen molar-refractivity contribution in [3.8, 4) is 5.75 Å². The van der Waals surface area contributed by atoms with Crippen LogP contribution in [0.5, 0.6) is 5.75 Å². The van der Waals surface area contributed by atoms with Gasteiger partial charge in [0, 0.05) is 4.90 Å². The van der Waals surface area contributed by atoms with Gasteiger partial charge in [-0.3, -0.25) is 4.79 Å². The number of hydrogen-bond acceptors (Lipinski definition) is 3. The first kappa shape index (κ1) is 18.3. The van der Waals surface area contributed by atoms with Crippen LogP contribution in [0.25, 0.3) is 0 Å². The summed E-state index contributed by atoms with van der Waals surface area (Å²) in [7, 11) is 1.63. The predicted octanol–water partition coefficient (Wildman–Crippen LogP) is 4.44. The normalized spacial score (nSPS) is 12.0. The predicted molar refractivity (Wildman–Crippen MR) is 95.8 cm³/mol. The van der Waals surface area contributed by atoms with E-state index in [0.717, 1.165) is 16.2 Å². The molecule has 0 aromatic heterocycles. The molecule has 2 rings (SSSR count). The van der Waals surface area contributed by atoms with E-state index in [9.17, 15) is 9.18 Å². The molecule has 3 nitrogen and oxygen atoms in total. The maximum Gasteiger partial charge on any atom is 0.230 e. The van der Waals surface area contributed by atoms with Gasteiger partial charge in [0.1, 0.15) is 11.6 Å². The number of hydrogen-bond donors (Lipinski definition) is 1. The molecular weight excluding hydrogens is 325 g/mol. The summed E-state index contributed by atoms with van der Waals surface area (Å²) in [5.41, 5.74) is 1.05. The minimum Gasteiger partial charge on any atom is -0.497 e. The fraction of sp³-hybridized carbons (Fsp3) is 0.316. The molecule has 1 atom stereocenters. The second-order valence-corrected chi connectivity index (χ2v) is 6.85. The Morgan fingerprint density at radius 2 is 1.75 bits per heavy atom. The Kier molecular flexibility index (Phi) is 6.67. The molecule has 0 spiro atoms. The largest absolute Gasteiger partial charge is 0.497 e. The monoisotopic (exact) mass is 347 g/mol. The molecule has 24 heavy (non-hydrogen) atoms. The zero-order valence-corrected chi connectivity index (χ0v) is 14.9. The van der Waals surface area contributed by atoms with E-state index in [2.05, 4.69) is 19.2 Å². The van der Waals surface area contributed by atoms with Crippen LogP contribution in [0.3, 0.4) is 0 Å². The molecule has 0 radical (unpaired) electrons. The lowest BCUT2D eigenvalue weighted by Crippen LogP contribution is -2.32. The third-order valence-corrected chi connectivity index (χ3v) is 4.65. The number of nitrogens with one attached hydrogen (secondary N) is 1. The van der Waals surface area contributed by atoms with Crippen molar-refractivity contribution >= 4 is 17.7 Å². The average Bonchev–Trinajstić information content (AvgIpc) is 2.59.